The number of amides is 3. The Balaban J connectivity index is 2.17. The molecule has 1 aliphatic rings. The highest BCUT2D eigenvalue weighted by atomic mass is 16.2. The third-order valence-electron chi connectivity index (χ3n) is 1.76. The van der Waals surface area contributed by atoms with Crippen LogP contribution in [0.5, 0.6) is 0 Å². The van der Waals surface area contributed by atoms with E-state index in [1.54, 1.807) is 0 Å². The lowest BCUT2D eigenvalue weighted by atomic mass is 10.3. The van der Waals surface area contributed by atoms with Crippen molar-refractivity contribution in [3.8, 4) is 0 Å². The van der Waals surface area contributed by atoms with Gasteiger partial charge in [-0.15, -0.1) is 0 Å². The van der Waals surface area contributed by atoms with Gasteiger partial charge in [-0.1, -0.05) is 6.92 Å². The zero-order valence-corrected chi connectivity index (χ0v) is 6.26. The van der Waals surface area contributed by atoms with Crippen LogP contribution in [-0.4, -0.2) is 11.9 Å². The van der Waals surface area contributed by atoms with E-state index >= 15 is 0 Å². The zero-order chi connectivity index (χ0) is 8.43. The van der Waals surface area contributed by atoms with E-state index in [4.69, 9.17) is 5.73 Å². The highest BCUT2D eigenvalue weighted by molar-refractivity contribution is 5.83. The molecule has 62 valence electrons. The van der Waals surface area contributed by atoms with Gasteiger partial charge in [-0.05, 0) is 12.3 Å². The number of primary amides is 1. The van der Waals surface area contributed by atoms with Crippen LogP contribution in [0.1, 0.15) is 13.3 Å². The molecule has 0 aliphatic heterocycles. The first-order valence-corrected chi connectivity index (χ1v) is 3.46. The van der Waals surface area contributed by atoms with Gasteiger partial charge in [-0.2, -0.15) is 0 Å². The molecule has 3 amide bonds. The van der Waals surface area contributed by atoms with Crippen LogP contribution in [0.4, 0.5) is 4.79 Å². The summed E-state index contributed by atoms with van der Waals surface area (Å²) in [7, 11) is 0. The fourth-order valence-electron chi connectivity index (χ4n) is 0.903. The molecule has 0 heterocycles. The van der Waals surface area contributed by atoms with Crippen molar-refractivity contribution in [1.29, 1.82) is 0 Å². The molecule has 0 aromatic heterocycles. The molecule has 1 rings (SSSR count). The van der Waals surface area contributed by atoms with E-state index in [0.717, 1.165) is 6.42 Å². The van der Waals surface area contributed by atoms with Gasteiger partial charge >= 0.3 is 6.03 Å². The summed E-state index contributed by atoms with van der Waals surface area (Å²) in [6.45, 7) is 1.98. The van der Waals surface area contributed by atoms with Gasteiger partial charge in [0.2, 0.25) is 5.91 Å². The van der Waals surface area contributed by atoms with E-state index < -0.39 is 6.03 Å². The lowest BCUT2D eigenvalue weighted by Crippen LogP contribution is -2.45. The van der Waals surface area contributed by atoms with Crippen molar-refractivity contribution in [1.82, 2.24) is 10.9 Å². The van der Waals surface area contributed by atoms with E-state index in [9.17, 15) is 9.59 Å². The lowest BCUT2D eigenvalue weighted by Gasteiger charge is -2.02. The van der Waals surface area contributed by atoms with Crippen LogP contribution in [0.15, 0.2) is 0 Å². The van der Waals surface area contributed by atoms with E-state index in [-0.39, 0.29) is 11.8 Å². The van der Waals surface area contributed by atoms with Gasteiger partial charge in [0.25, 0.3) is 0 Å². The van der Waals surface area contributed by atoms with Gasteiger partial charge in [-0.25, -0.2) is 10.2 Å². The minimum Gasteiger partial charge on any atom is -0.350 e. The summed E-state index contributed by atoms with van der Waals surface area (Å²) in [5.41, 5.74) is 8.97. The molecule has 2 atom stereocenters. The second-order valence-corrected chi connectivity index (χ2v) is 2.80. The van der Waals surface area contributed by atoms with Crippen LogP contribution in [0.2, 0.25) is 0 Å². The molecule has 11 heavy (non-hydrogen) atoms. The summed E-state index contributed by atoms with van der Waals surface area (Å²) in [5.74, 6) is 0.336. The Kier molecular flexibility index (Phi) is 1.98. The maximum Gasteiger partial charge on any atom is 0.330 e. The summed E-state index contributed by atoms with van der Waals surface area (Å²) in [6, 6.07) is -0.744. The van der Waals surface area contributed by atoms with Gasteiger partial charge in [-0.3, -0.25) is 10.2 Å². The van der Waals surface area contributed by atoms with E-state index in [1.807, 2.05) is 12.3 Å². The Labute approximate surface area is 64.3 Å². The summed E-state index contributed by atoms with van der Waals surface area (Å²) < 4.78 is 0. The minimum absolute atomic E-state index is 0.0573. The molecular weight excluding hydrogens is 146 g/mol. The van der Waals surface area contributed by atoms with Gasteiger partial charge in [0, 0.05) is 5.92 Å². The molecule has 1 aliphatic carbocycles. The first-order valence-electron chi connectivity index (χ1n) is 3.46. The third kappa shape index (κ3) is 2.10. The quantitative estimate of drug-likeness (QED) is 0.441. The number of urea groups is 1. The number of carbonyl (C=O) groups is 2. The molecule has 1 saturated carbocycles. The number of carbonyl (C=O) groups excluding carboxylic acids is 2. The summed E-state index contributed by atoms with van der Waals surface area (Å²) in [5, 5.41) is 0. The van der Waals surface area contributed by atoms with Crippen LogP contribution >= 0.6 is 0 Å². The molecule has 0 saturated heterocycles. The van der Waals surface area contributed by atoms with Crippen LogP contribution in [0, 0.1) is 11.8 Å². The summed E-state index contributed by atoms with van der Waals surface area (Å²) >= 11 is 0. The molecular formula is C6H11N3O2. The number of rotatable bonds is 1. The number of hydrogen-bond donors (Lipinski definition) is 3. The molecule has 0 aromatic carbocycles. The Hall–Kier alpha value is -1.26. The van der Waals surface area contributed by atoms with Gasteiger partial charge < -0.3 is 5.73 Å². The minimum atomic E-state index is -0.744. The first kappa shape index (κ1) is 7.84. The highest BCUT2D eigenvalue weighted by Crippen LogP contribution is 2.37. The largest absolute Gasteiger partial charge is 0.350 e. The second kappa shape index (κ2) is 2.77. The average Bonchev–Trinajstić information content (AvgIpc) is 2.61. The number of nitrogens with one attached hydrogen (secondary N) is 2. The van der Waals surface area contributed by atoms with Crippen molar-refractivity contribution >= 4 is 11.9 Å². The Bertz CT molecular complexity index is 192. The van der Waals surface area contributed by atoms with Crippen LogP contribution < -0.4 is 16.6 Å². The molecule has 5 nitrogen and oxygen atoms in total. The number of hydrazine groups is 1. The molecule has 5 heteroatoms. The van der Waals surface area contributed by atoms with Crippen molar-refractivity contribution in [2.24, 2.45) is 17.6 Å². The molecule has 0 aromatic rings. The van der Waals surface area contributed by atoms with E-state index in [2.05, 4.69) is 5.43 Å². The molecule has 4 N–H and O–H groups in total. The van der Waals surface area contributed by atoms with Crippen molar-refractivity contribution in [3.05, 3.63) is 0 Å². The maximum absolute atomic E-state index is 10.9. The van der Waals surface area contributed by atoms with Crippen molar-refractivity contribution in [2.45, 2.75) is 13.3 Å². The van der Waals surface area contributed by atoms with Crippen LogP contribution in [0.25, 0.3) is 0 Å². The zero-order valence-electron chi connectivity index (χ0n) is 6.26. The number of nitrogens with two attached hydrogens (primary N) is 1. The van der Waals surface area contributed by atoms with Gasteiger partial charge in [0.15, 0.2) is 0 Å². The monoisotopic (exact) mass is 157 g/mol. The second-order valence-electron chi connectivity index (χ2n) is 2.80. The standard InChI is InChI=1S/C6H11N3O2/c1-3-2-4(3)5(10)8-9-6(7)11/h3-4H,2H2,1H3,(H,8,10)(H3,7,9,11). The molecule has 1 fully saturated rings. The predicted octanol–water partition coefficient (Wildman–Crippen LogP) is -0.658. The normalized spacial score (nSPS) is 27.4. The lowest BCUT2D eigenvalue weighted by molar-refractivity contribution is -0.123. The molecule has 2 unspecified atom stereocenters. The van der Waals surface area contributed by atoms with E-state index in [0.29, 0.717) is 5.92 Å². The summed E-state index contributed by atoms with van der Waals surface area (Å²) in [4.78, 5) is 21.1. The van der Waals surface area contributed by atoms with Crippen molar-refractivity contribution in [3.63, 3.8) is 0 Å². The highest BCUT2D eigenvalue weighted by Gasteiger charge is 2.39. The Morgan fingerprint density at radius 3 is 2.36 bits per heavy atom. The topological polar surface area (TPSA) is 84.2 Å². The van der Waals surface area contributed by atoms with Gasteiger partial charge in [0.05, 0.1) is 0 Å². The van der Waals surface area contributed by atoms with Crippen molar-refractivity contribution in [2.75, 3.05) is 0 Å². The maximum atomic E-state index is 10.9. The predicted molar refractivity (Wildman–Crippen MR) is 38.1 cm³/mol. The van der Waals surface area contributed by atoms with Gasteiger partial charge in [0.1, 0.15) is 0 Å². The molecule has 0 bridgehead atoms. The van der Waals surface area contributed by atoms with Crippen LogP contribution in [0.3, 0.4) is 0 Å². The fraction of sp³-hybridized carbons (Fsp3) is 0.667. The molecule has 0 radical (unpaired) electrons. The first-order chi connectivity index (χ1) is 5.11. The summed E-state index contributed by atoms with van der Waals surface area (Å²) in [6.07, 6.45) is 0.895. The fourth-order valence-corrected chi connectivity index (χ4v) is 0.903. The molecule has 0 spiro atoms. The Morgan fingerprint density at radius 1 is 1.45 bits per heavy atom. The SMILES string of the molecule is CC1CC1C(=O)NNC(N)=O. The smallest absolute Gasteiger partial charge is 0.330 e. The Morgan fingerprint density at radius 2 is 2.00 bits per heavy atom. The van der Waals surface area contributed by atoms with E-state index in [1.165, 1.54) is 0 Å². The number of hydrogen-bond acceptors (Lipinski definition) is 2. The third-order valence-corrected chi connectivity index (χ3v) is 1.76. The van der Waals surface area contributed by atoms with Crippen LogP contribution in [-0.2, 0) is 4.79 Å². The average molecular weight is 157 g/mol. The van der Waals surface area contributed by atoms with Crippen molar-refractivity contribution < 1.29 is 9.59 Å².